The molecule has 134 valence electrons. The smallest absolute Gasteiger partial charge is 0.387 e. The molecule has 26 heavy (non-hydrogen) atoms. The quantitative estimate of drug-likeness (QED) is 0.386. The Morgan fingerprint density at radius 1 is 1.31 bits per heavy atom. The molecule has 0 atom stereocenters. The molecule has 2 aromatic carbocycles. The second kappa shape index (κ2) is 7.40. The van der Waals surface area contributed by atoms with Crippen molar-refractivity contribution in [2.45, 2.75) is 6.61 Å². The third-order valence-electron chi connectivity index (χ3n) is 3.48. The maximum Gasteiger partial charge on any atom is 0.387 e. The molecule has 0 bridgehead atoms. The van der Waals surface area contributed by atoms with E-state index in [1.54, 1.807) is 0 Å². The molecule has 10 heteroatoms. The summed E-state index contributed by atoms with van der Waals surface area (Å²) in [6.07, 6.45) is 1.15. The molecule has 0 amide bonds. The number of rotatable bonds is 5. The van der Waals surface area contributed by atoms with Crippen LogP contribution in [0.5, 0.6) is 5.75 Å². The van der Waals surface area contributed by atoms with Crippen molar-refractivity contribution in [3.05, 3.63) is 62.9 Å². The number of hydrogen-bond donors (Lipinski definition) is 0. The first kappa shape index (κ1) is 17.7. The first-order valence-corrected chi connectivity index (χ1v) is 8.12. The van der Waals surface area contributed by atoms with Crippen LogP contribution in [0.25, 0.3) is 10.2 Å². The minimum atomic E-state index is -3.05. The van der Waals surface area contributed by atoms with Crippen LogP contribution in [0.2, 0.25) is 0 Å². The third kappa shape index (κ3) is 3.75. The summed E-state index contributed by atoms with van der Waals surface area (Å²) in [5, 5.41) is 18.8. The lowest BCUT2D eigenvalue weighted by atomic mass is 10.2. The van der Waals surface area contributed by atoms with E-state index in [-0.39, 0.29) is 17.0 Å². The second-order valence-corrected chi connectivity index (χ2v) is 6.12. The molecule has 7 nitrogen and oxygen atoms in total. The number of hydrogen-bond acceptors (Lipinski definition) is 6. The Bertz CT molecular complexity index is 1060. The van der Waals surface area contributed by atoms with Crippen molar-refractivity contribution in [2.75, 3.05) is 0 Å². The Kier molecular flexibility index (Phi) is 5.03. The minimum Gasteiger partial charge on any atom is -0.434 e. The molecule has 3 aromatic rings. The molecule has 1 aromatic heterocycles. The summed E-state index contributed by atoms with van der Waals surface area (Å²) in [5.41, 5.74) is 0.746. The van der Waals surface area contributed by atoms with Crippen molar-refractivity contribution in [2.24, 2.45) is 17.3 Å². The highest BCUT2D eigenvalue weighted by Gasteiger charge is 2.13. The average Bonchev–Trinajstić information content (AvgIpc) is 2.92. The number of para-hydroxylation sites is 1. The topological polar surface area (TPSA) is 82.0 Å². The summed E-state index contributed by atoms with van der Waals surface area (Å²) in [6.45, 7) is -3.05. The lowest BCUT2D eigenvalue weighted by molar-refractivity contribution is -0.384. The van der Waals surface area contributed by atoms with Crippen LogP contribution in [0.4, 0.5) is 14.5 Å². The number of nitrogens with zero attached hydrogens (tertiary/aromatic N) is 4. The van der Waals surface area contributed by atoms with Crippen molar-refractivity contribution in [3.8, 4) is 5.75 Å². The fourth-order valence-corrected chi connectivity index (χ4v) is 3.25. The Morgan fingerprint density at radius 2 is 2.08 bits per heavy atom. The largest absolute Gasteiger partial charge is 0.434 e. The second-order valence-electron chi connectivity index (χ2n) is 5.11. The highest BCUT2D eigenvalue weighted by atomic mass is 32.1. The number of nitro groups is 1. The zero-order valence-corrected chi connectivity index (χ0v) is 14.2. The fourth-order valence-electron chi connectivity index (χ4n) is 2.27. The van der Waals surface area contributed by atoms with Gasteiger partial charge in [0.05, 0.1) is 21.4 Å². The van der Waals surface area contributed by atoms with Gasteiger partial charge in [-0.2, -0.15) is 13.9 Å². The van der Waals surface area contributed by atoms with Crippen molar-refractivity contribution < 1.29 is 18.4 Å². The van der Waals surface area contributed by atoms with Gasteiger partial charge in [-0.3, -0.25) is 10.1 Å². The normalized spacial score (nSPS) is 12.4. The van der Waals surface area contributed by atoms with E-state index in [1.807, 2.05) is 35.9 Å². The lowest BCUT2D eigenvalue weighted by Gasteiger charge is -2.06. The predicted octanol–water partition coefficient (Wildman–Crippen LogP) is 3.68. The molecule has 0 N–H and O–H groups in total. The van der Waals surface area contributed by atoms with Gasteiger partial charge in [0.15, 0.2) is 0 Å². The summed E-state index contributed by atoms with van der Waals surface area (Å²) in [4.78, 5) is 10.8. The fraction of sp³-hybridized carbons (Fsp3) is 0.125. The van der Waals surface area contributed by atoms with Gasteiger partial charge in [-0.05, 0) is 18.2 Å². The van der Waals surface area contributed by atoms with Crippen LogP contribution in [0, 0.1) is 10.1 Å². The molecule has 0 unspecified atom stereocenters. The third-order valence-corrected chi connectivity index (χ3v) is 4.58. The highest BCUT2D eigenvalue weighted by molar-refractivity contribution is 7.16. The van der Waals surface area contributed by atoms with Gasteiger partial charge in [-0.1, -0.05) is 23.5 Å². The van der Waals surface area contributed by atoms with Crippen LogP contribution in [0.15, 0.2) is 52.7 Å². The van der Waals surface area contributed by atoms with Gasteiger partial charge in [-0.25, -0.2) is 0 Å². The standard InChI is InChI=1S/C16H12F2N4O3S/c1-21-12-4-2-3-5-14(12)26-16(21)20-19-9-10-8-11(22(23)24)6-7-13(10)25-15(17)18/h2-9,15H,1H3/b19-9+,20-16+. The molecule has 0 spiro atoms. The SMILES string of the molecule is Cn1/c(=N\N=C\c2cc([N+](=O)[O-])ccc2OC(F)F)sc2ccccc21. The van der Waals surface area contributed by atoms with Gasteiger partial charge >= 0.3 is 6.61 Å². The first-order valence-electron chi connectivity index (χ1n) is 7.30. The van der Waals surface area contributed by atoms with E-state index in [9.17, 15) is 18.9 Å². The maximum atomic E-state index is 12.5. The van der Waals surface area contributed by atoms with Crippen LogP contribution in [-0.4, -0.2) is 22.3 Å². The van der Waals surface area contributed by atoms with Gasteiger partial charge in [0, 0.05) is 24.7 Å². The Balaban J connectivity index is 1.99. The summed E-state index contributed by atoms with van der Waals surface area (Å²) in [6, 6.07) is 11.0. The Hall–Kier alpha value is -3.14. The molecule has 0 saturated carbocycles. The number of fused-ring (bicyclic) bond motifs is 1. The number of halogens is 2. The number of aromatic nitrogens is 1. The maximum absolute atomic E-state index is 12.5. The van der Waals surface area contributed by atoms with Crippen molar-refractivity contribution in [1.82, 2.24) is 4.57 Å². The van der Waals surface area contributed by atoms with Crippen LogP contribution >= 0.6 is 11.3 Å². The zero-order chi connectivity index (χ0) is 18.7. The number of ether oxygens (including phenoxy) is 1. The van der Waals surface area contributed by atoms with E-state index in [1.165, 1.54) is 11.3 Å². The number of benzene rings is 2. The molecule has 0 fully saturated rings. The Labute approximate surface area is 149 Å². The molecule has 0 radical (unpaired) electrons. The number of non-ortho nitro benzene ring substituents is 1. The number of thiazole rings is 1. The zero-order valence-electron chi connectivity index (χ0n) is 13.4. The van der Waals surface area contributed by atoms with Gasteiger partial charge in [0.2, 0.25) is 4.80 Å². The average molecular weight is 378 g/mol. The van der Waals surface area contributed by atoms with Gasteiger partial charge in [-0.15, -0.1) is 5.10 Å². The lowest BCUT2D eigenvalue weighted by Crippen LogP contribution is -2.09. The molecule has 0 aliphatic rings. The molecule has 3 rings (SSSR count). The summed E-state index contributed by atoms with van der Waals surface area (Å²) >= 11 is 1.40. The van der Waals surface area contributed by atoms with Crippen LogP contribution in [-0.2, 0) is 7.05 Å². The van der Waals surface area contributed by atoms with Gasteiger partial charge in [0.25, 0.3) is 5.69 Å². The number of alkyl halides is 2. The van der Waals surface area contributed by atoms with Gasteiger partial charge in [0.1, 0.15) is 5.75 Å². The van der Waals surface area contributed by atoms with Crippen LogP contribution in [0.1, 0.15) is 5.56 Å². The molecule has 0 aliphatic heterocycles. The first-order chi connectivity index (χ1) is 12.5. The summed E-state index contributed by atoms with van der Waals surface area (Å²) in [5.74, 6) is -0.217. The van der Waals surface area contributed by atoms with E-state index < -0.39 is 11.5 Å². The number of aryl methyl sites for hydroxylation is 1. The van der Waals surface area contributed by atoms with Crippen LogP contribution < -0.4 is 9.54 Å². The minimum absolute atomic E-state index is 0.0343. The van der Waals surface area contributed by atoms with E-state index in [0.29, 0.717) is 4.80 Å². The van der Waals surface area contributed by atoms with Crippen molar-refractivity contribution >= 4 is 33.5 Å². The monoisotopic (exact) mass is 378 g/mol. The van der Waals surface area contributed by atoms with E-state index in [2.05, 4.69) is 14.9 Å². The molecular formula is C16H12F2N4O3S. The van der Waals surface area contributed by atoms with Crippen molar-refractivity contribution in [3.63, 3.8) is 0 Å². The van der Waals surface area contributed by atoms with E-state index >= 15 is 0 Å². The molecule has 1 heterocycles. The number of nitro benzene ring substituents is 1. The van der Waals surface area contributed by atoms with Gasteiger partial charge < -0.3 is 9.30 Å². The Morgan fingerprint density at radius 3 is 2.77 bits per heavy atom. The van der Waals surface area contributed by atoms with E-state index in [4.69, 9.17) is 0 Å². The van der Waals surface area contributed by atoms with Crippen molar-refractivity contribution in [1.29, 1.82) is 0 Å². The summed E-state index contributed by atoms with van der Waals surface area (Å²) < 4.78 is 32.2. The highest BCUT2D eigenvalue weighted by Crippen LogP contribution is 2.24. The van der Waals surface area contributed by atoms with E-state index in [0.717, 1.165) is 34.6 Å². The predicted molar refractivity (Wildman–Crippen MR) is 93.7 cm³/mol. The molecule has 0 saturated heterocycles. The molecule has 0 aliphatic carbocycles. The van der Waals surface area contributed by atoms with Crippen LogP contribution in [0.3, 0.4) is 0 Å². The molecular weight excluding hydrogens is 366 g/mol. The summed E-state index contributed by atoms with van der Waals surface area (Å²) in [7, 11) is 1.83.